The van der Waals surface area contributed by atoms with Gasteiger partial charge in [-0.2, -0.15) is 0 Å². The topological polar surface area (TPSA) is 9.23 Å². The van der Waals surface area contributed by atoms with E-state index in [1.165, 1.54) is 37.7 Å². The maximum Gasteiger partial charge on any atom is 0.119 e. The molecule has 0 fully saturated rings. The van der Waals surface area contributed by atoms with Gasteiger partial charge < -0.3 is 4.74 Å². The molecule has 0 N–H and O–H groups in total. The van der Waals surface area contributed by atoms with E-state index in [0.717, 1.165) is 18.6 Å². The fourth-order valence-corrected chi connectivity index (χ4v) is 3.35. The molecule has 0 heterocycles. The van der Waals surface area contributed by atoms with E-state index in [2.05, 4.69) is 100 Å². The Labute approximate surface area is 198 Å². The minimum absolute atomic E-state index is 0.300. The van der Waals surface area contributed by atoms with Crippen LogP contribution in [-0.4, -0.2) is 6.10 Å². The van der Waals surface area contributed by atoms with Crippen LogP contribution in [0.25, 0.3) is 0 Å². The van der Waals surface area contributed by atoms with E-state index in [9.17, 15) is 0 Å². The van der Waals surface area contributed by atoms with Crippen LogP contribution in [-0.2, 0) is 0 Å². The first-order valence-corrected chi connectivity index (χ1v) is 13.3. The van der Waals surface area contributed by atoms with Crippen LogP contribution in [0, 0.1) is 11.3 Å². The molecular formula is C30H60O. The Balaban J connectivity index is -0.000000855. The molecule has 0 aliphatic rings. The van der Waals surface area contributed by atoms with Crippen molar-refractivity contribution in [3.05, 3.63) is 29.8 Å². The van der Waals surface area contributed by atoms with Crippen molar-refractivity contribution in [2.24, 2.45) is 11.3 Å². The van der Waals surface area contributed by atoms with Gasteiger partial charge in [0.15, 0.2) is 0 Å². The van der Waals surface area contributed by atoms with Crippen molar-refractivity contribution in [2.75, 3.05) is 0 Å². The molecule has 0 radical (unpaired) electrons. The van der Waals surface area contributed by atoms with Crippen molar-refractivity contribution >= 4 is 0 Å². The van der Waals surface area contributed by atoms with Crippen LogP contribution in [0.4, 0.5) is 0 Å². The lowest BCUT2D eigenvalue weighted by Gasteiger charge is -2.28. The van der Waals surface area contributed by atoms with Crippen molar-refractivity contribution < 1.29 is 4.74 Å². The Kier molecular flexibility index (Phi) is 24.8. The number of ether oxygens (including phenoxy) is 1. The number of hydrogen-bond donors (Lipinski definition) is 0. The van der Waals surface area contributed by atoms with E-state index in [0.29, 0.717) is 23.4 Å². The van der Waals surface area contributed by atoms with Gasteiger partial charge in [-0.25, -0.2) is 0 Å². The number of benzene rings is 1. The maximum absolute atomic E-state index is 6.33. The molecule has 0 aliphatic carbocycles. The van der Waals surface area contributed by atoms with Crippen molar-refractivity contribution in [1.82, 2.24) is 0 Å². The molecule has 1 aromatic rings. The molecule has 1 rings (SSSR count). The average molecular weight is 437 g/mol. The van der Waals surface area contributed by atoms with Gasteiger partial charge in [-0.15, -0.1) is 0 Å². The van der Waals surface area contributed by atoms with Crippen LogP contribution in [0.2, 0.25) is 0 Å². The summed E-state index contributed by atoms with van der Waals surface area (Å²) in [6, 6.07) is 8.87. The highest BCUT2D eigenvalue weighted by Gasteiger charge is 2.21. The van der Waals surface area contributed by atoms with E-state index in [1.807, 2.05) is 13.8 Å². The van der Waals surface area contributed by atoms with E-state index in [1.54, 1.807) is 0 Å². The first-order chi connectivity index (χ1) is 14.6. The van der Waals surface area contributed by atoms with Gasteiger partial charge in [0.1, 0.15) is 5.75 Å². The lowest BCUT2D eigenvalue weighted by molar-refractivity contribution is 0.123. The summed E-state index contributed by atoms with van der Waals surface area (Å²) in [5, 5.41) is 0. The predicted octanol–water partition coefficient (Wildman–Crippen LogP) is 11.1. The number of rotatable bonds is 9. The lowest BCUT2D eigenvalue weighted by Crippen LogP contribution is -2.25. The fraction of sp³-hybridized carbons (Fsp3) is 0.800. The molecule has 31 heavy (non-hydrogen) atoms. The van der Waals surface area contributed by atoms with E-state index >= 15 is 0 Å². The van der Waals surface area contributed by atoms with Crippen LogP contribution in [0.5, 0.6) is 5.75 Å². The Morgan fingerprint density at radius 3 is 1.58 bits per heavy atom. The van der Waals surface area contributed by atoms with E-state index in [4.69, 9.17) is 4.74 Å². The minimum atomic E-state index is 0.300. The monoisotopic (exact) mass is 436 g/mol. The molecule has 0 aromatic heterocycles. The fourth-order valence-electron chi connectivity index (χ4n) is 3.35. The second-order valence-electron chi connectivity index (χ2n) is 10.0. The Morgan fingerprint density at radius 2 is 1.26 bits per heavy atom. The molecule has 1 aromatic carbocycles. The van der Waals surface area contributed by atoms with Gasteiger partial charge in [0, 0.05) is 0 Å². The van der Waals surface area contributed by atoms with Gasteiger partial charge in [-0.1, -0.05) is 121 Å². The highest BCUT2D eigenvalue weighted by molar-refractivity contribution is 5.29. The summed E-state index contributed by atoms with van der Waals surface area (Å²) in [6.45, 7) is 28.5. The quantitative estimate of drug-likeness (QED) is 0.374. The van der Waals surface area contributed by atoms with Crippen LogP contribution in [0.1, 0.15) is 146 Å². The second kappa shape index (κ2) is 22.2. The van der Waals surface area contributed by atoms with Crippen LogP contribution >= 0.6 is 0 Å². The molecule has 0 amide bonds. The third-order valence-electron chi connectivity index (χ3n) is 4.36. The maximum atomic E-state index is 6.33. The van der Waals surface area contributed by atoms with Gasteiger partial charge in [0.2, 0.25) is 0 Å². The highest BCUT2D eigenvalue weighted by atomic mass is 16.5. The molecule has 0 saturated heterocycles. The van der Waals surface area contributed by atoms with Gasteiger partial charge in [-0.05, 0) is 60.6 Å². The minimum Gasteiger partial charge on any atom is -0.490 e. The van der Waals surface area contributed by atoms with Gasteiger partial charge in [-0.3, -0.25) is 0 Å². The van der Waals surface area contributed by atoms with Gasteiger partial charge >= 0.3 is 0 Å². The smallest absolute Gasteiger partial charge is 0.119 e. The van der Waals surface area contributed by atoms with E-state index in [-0.39, 0.29) is 0 Å². The second-order valence-corrected chi connectivity index (χ2v) is 10.0. The predicted molar refractivity (Wildman–Crippen MR) is 146 cm³/mol. The SMILES string of the molecule is CC.CCC.CCC.CCCC(CC)c1ccc(OC(CC(C)C)CC(C)(C)C)cc1. The van der Waals surface area contributed by atoms with Crippen molar-refractivity contribution in [3.63, 3.8) is 0 Å². The zero-order chi connectivity index (χ0) is 24.9. The van der Waals surface area contributed by atoms with Gasteiger partial charge in [0.05, 0.1) is 6.10 Å². The summed E-state index contributed by atoms with van der Waals surface area (Å²) in [5.41, 5.74) is 1.76. The Morgan fingerprint density at radius 1 is 0.806 bits per heavy atom. The molecule has 0 spiro atoms. The van der Waals surface area contributed by atoms with Crippen molar-refractivity contribution in [1.29, 1.82) is 0 Å². The third kappa shape index (κ3) is 22.0. The van der Waals surface area contributed by atoms with Crippen molar-refractivity contribution in [3.8, 4) is 5.75 Å². The number of hydrogen-bond acceptors (Lipinski definition) is 1. The molecule has 1 heteroatoms. The first-order valence-electron chi connectivity index (χ1n) is 13.3. The largest absolute Gasteiger partial charge is 0.490 e. The zero-order valence-corrected chi connectivity index (χ0v) is 23.9. The summed E-state index contributed by atoms with van der Waals surface area (Å²) in [4.78, 5) is 0. The molecule has 0 aliphatic heterocycles. The molecule has 2 atom stereocenters. The molecule has 186 valence electrons. The summed E-state index contributed by atoms with van der Waals surface area (Å²) < 4.78 is 6.33. The van der Waals surface area contributed by atoms with Gasteiger partial charge in [0.25, 0.3) is 0 Å². The Bertz CT molecular complexity index is 450. The summed E-state index contributed by atoms with van der Waals surface area (Å²) >= 11 is 0. The molecule has 2 unspecified atom stereocenters. The van der Waals surface area contributed by atoms with Crippen LogP contribution in [0.3, 0.4) is 0 Å². The Hall–Kier alpha value is -0.980. The average Bonchev–Trinajstić information content (AvgIpc) is 2.68. The highest BCUT2D eigenvalue weighted by Crippen LogP contribution is 2.30. The third-order valence-corrected chi connectivity index (χ3v) is 4.36. The van der Waals surface area contributed by atoms with E-state index < -0.39 is 0 Å². The van der Waals surface area contributed by atoms with Crippen molar-refractivity contribution in [2.45, 2.75) is 147 Å². The molecule has 0 bridgehead atoms. The summed E-state index contributed by atoms with van der Waals surface area (Å²) in [6.07, 6.45) is 8.76. The zero-order valence-electron chi connectivity index (χ0n) is 23.9. The summed E-state index contributed by atoms with van der Waals surface area (Å²) in [7, 11) is 0. The normalized spacial score (nSPS) is 12.3. The van der Waals surface area contributed by atoms with Crippen LogP contribution in [0.15, 0.2) is 24.3 Å². The first kappa shape index (κ1) is 34.6. The molecular weight excluding hydrogens is 376 g/mol. The summed E-state index contributed by atoms with van der Waals surface area (Å²) in [5.74, 6) is 2.38. The molecule has 1 nitrogen and oxygen atoms in total. The van der Waals surface area contributed by atoms with Crippen LogP contribution < -0.4 is 4.74 Å². The lowest BCUT2D eigenvalue weighted by atomic mass is 9.86. The molecule has 0 saturated carbocycles. The standard InChI is InChI=1S/C22H38O.2C3H8.C2H6/c1-8-10-18(9-2)19-11-13-20(14-12-19)23-21(15-17(3)4)16-22(5,6)7;2*1-3-2;1-2/h11-14,17-18,21H,8-10,15-16H2,1-7H3;2*3H2,1-2H3;1-2H3.